The number of sulfonamides is 1. The van der Waals surface area contributed by atoms with E-state index in [9.17, 15) is 22.0 Å². The van der Waals surface area contributed by atoms with Gasteiger partial charge in [-0.05, 0) is 51.0 Å². The number of hydrogen-bond acceptors (Lipinski definition) is 5. The number of nitrogens with one attached hydrogen (secondary N) is 1. The third-order valence-corrected chi connectivity index (χ3v) is 5.83. The molecule has 2 atom stereocenters. The van der Waals surface area contributed by atoms with E-state index in [1.54, 1.807) is 32.0 Å². The molecule has 1 aromatic carbocycles. The molecule has 32 heavy (non-hydrogen) atoms. The fraction of sp³-hybridized carbons (Fsp3) is 0.455. The molecular formula is C22H27F2N3O4S. The SMILES string of the molecule is CC(C)OC(=O)N1CCC[C@@H](NS(C)(=O)=O)[C@H]1Cc1cccc(-c2cc(F)cc(F)c2)n1. The van der Waals surface area contributed by atoms with Crippen LogP contribution in [-0.4, -0.2) is 55.4 Å². The molecule has 10 heteroatoms. The molecule has 0 radical (unpaired) electrons. The third kappa shape index (κ3) is 6.46. The Morgan fingerprint density at radius 1 is 1.25 bits per heavy atom. The zero-order valence-electron chi connectivity index (χ0n) is 18.2. The van der Waals surface area contributed by atoms with Crippen LogP contribution in [0, 0.1) is 11.6 Å². The molecular weight excluding hydrogens is 440 g/mol. The molecule has 1 fully saturated rings. The Bertz CT molecular complexity index is 1060. The van der Waals surface area contributed by atoms with Crippen LogP contribution in [0.15, 0.2) is 36.4 Å². The quantitative estimate of drug-likeness (QED) is 0.703. The Morgan fingerprint density at radius 2 is 1.94 bits per heavy atom. The second-order valence-corrected chi connectivity index (χ2v) is 9.99. The zero-order chi connectivity index (χ0) is 23.5. The van der Waals surface area contributed by atoms with E-state index in [1.165, 1.54) is 17.0 Å². The molecule has 2 heterocycles. The van der Waals surface area contributed by atoms with E-state index in [2.05, 4.69) is 9.71 Å². The highest BCUT2D eigenvalue weighted by molar-refractivity contribution is 7.88. The van der Waals surface area contributed by atoms with Gasteiger partial charge in [-0.2, -0.15) is 0 Å². The van der Waals surface area contributed by atoms with Crippen molar-refractivity contribution in [3.8, 4) is 11.3 Å². The number of carbonyl (C=O) groups is 1. The molecule has 1 aliphatic heterocycles. The average molecular weight is 468 g/mol. The van der Waals surface area contributed by atoms with Crippen molar-refractivity contribution >= 4 is 16.1 Å². The van der Waals surface area contributed by atoms with Crippen molar-refractivity contribution in [2.45, 2.75) is 51.3 Å². The summed E-state index contributed by atoms with van der Waals surface area (Å²) in [5.74, 6) is -1.42. The number of amides is 1. The first-order valence-corrected chi connectivity index (χ1v) is 12.3. The highest BCUT2D eigenvalue weighted by atomic mass is 32.2. The van der Waals surface area contributed by atoms with Crippen LogP contribution < -0.4 is 4.72 Å². The van der Waals surface area contributed by atoms with E-state index in [0.717, 1.165) is 12.3 Å². The molecule has 0 saturated carbocycles. The number of benzene rings is 1. The number of halogens is 2. The Balaban J connectivity index is 1.92. The molecule has 0 bridgehead atoms. The van der Waals surface area contributed by atoms with Crippen molar-refractivity contribution in [2.24, 2.45) is 0 Å². The molecule has 174 valence electrons. The summed E-state index contributed by atoms with van der Waals surface area (Å²) in [5, 5.41) is 0. The lowest BCUT2D eigenvalue weighted by molar-refractivity contribution is 0.0459. The number of ether oxygens (including phenoxy) is 1. The minimum absolute atomic E-state index is 0.242. The standard InChI is InChI=1S/C22H27F2N3O4S/c1-14(2)31-22(28)27-9-5-8-20(26-32(3,29)30)21(27)13-18-6-4-7-19(25-18)15-10-16(23)12-17(24)11-15/h4,6-7,10-12,14,20-21,26H,5,8-9,13H2,1-3H3/t20-,21-/m1/s1. The Morgan fingerprint density at radius 3 is 2.56 bits per heavy atom. The maximum atomic E-state index is 13.6. The summed E-state index contributed by atoms with van der Waals surface area (Å²) in [6.07, 6.45) is 1.65. The molecule has 2 aromatic rings. The van der Waals surface area contributed by atoms with Crippen LogP contribution in [-0.2, 0) is 21.2 Å². The Kier molecular flexibility index (Phi) is 7.45. The van der Waals surface area contributed by atoms with Crippen molar-refractivity contribution in [1.82, 2.24) is 14.6 Å². The third-order valence-electron chi connectivity index (χ3n) is 5.10. The molecule has 1 aliphatic rings. The lowest BCUT2D eigenvalue weighted by Gasteiger charge is -2.40. The summed E-state index contributed by atoms with van der Waals surface area (Å²) in [4.78, 5) is 18.8. The number of aromatic nitrogens is 1. The van der Waals surface area contributed by atoms with Crippen molar-refractivity contribution in [2.75, 3.05) is 12.8 Å². The second-order valence-electron chi connectivity index (χ2n) is 8.21. The normalized spacial score (nSPS) is 19.2. The number of hydrogen-bond donors (Lipinski definition) is 1. The Labute approximate surface area is 186 Å². The molecule has 3 rings (SSSR count). The van der Waals surface area contributed by atoms with E-state index < -0.39 is 39.8 Å². The summed E-state index contributed by atoms with van der Waals surface area (Å²) in [5.41, 5.74) is 1.22. The van der Waals surface area contributed by atoms with Gasteiger partial charge >= 0.3 is 6.09 Å². The van der Waals surface area contributed by atoms with Crippen molar-refractivity contribution < 1.29 is 26.7 Å². The highest BCUT2D eigenvalue weighted by Gasteiger charge is 2.37. The van der Waals surface area contributed by atoms with Gasteiger partial charge in [-0.25, -0.2) is 26.7 Å². The van der Waals surface area contributed by atoms with Gasteiger partial charge in [-0.1, -0.05) is 6.07 Å². The maximum absolute atomic E-state index is 13.6. The number of carbonyl (C=O) groups excluding carboxylic acids is 1. The minimum atomic E-state index is -3.51. The molecule has 1 amide bonds. The Hall–Kier alpha value is -2.59. The molecule has 0 spiro atoms. The zero-order valence-corrected chi connectivity index (χ0v) is 19.0. The van der Waals surface area contributed by atoms with Crippen LogP contribution in [0.5, 0.6) is 0 Å². The van der Waals surface area contributed by atoms with Crippen LogP contribution in [0.25, 0.3) is 11.3 Å². The van der Waals surface area contributed by atoms with Gasteiger partial charge in [0.25, 0.3) is 0 Å². The van der Waals surface area contributed by atoms with E-state index in [0.29, 0.717) is 30.8 Å². The van der Waals surface area contributed by atoms with E-state index in [4.69, 9.17) is 4.74 Å². The van der Waals surface area contributed by atoms with Gasteiger partial charge in [0.05, 0.1) is 24.1 Å². The first-order chi connectivity index (χ1) is 15.0. The van der Waals surface area contributed by atoms with Gasteiger partial charge in [0.2, 0.25) is 10.0 Å². The number of piperidine rings is 1. The largest absolute Gasteiger partial charge is 0.447 e. The molecule has 0 aliphatic carbocycles. The van der Waals surface area contributed by atoms with Gasteiger partial charge in [0, 0.05) is 36.3 Å². The predicted octanol–water partition coefficient (Wildman–Crippen LogP) is 3.50. The fourth-order valence-corrected chi connectivity index (χ4v) is 4.71. The fourth-order valence-electron chi connectivity index (χ4n) is 3.89. The number of rotatable bonds is 6. The van der Waals surface area contributed by atoms with Gasteiger partial charge in [0.15, 0.2) is 0 Å². The first kappa shape index (κ1) is 24.1. The van der Waals surface area contributed by atoms with Crippen molar-refractivity contribution in [3.05, 3.63) is 53.7 Å². The summed E-state index contributed by atoms with van der Waals surface area (Å²) >= 11 is 0. The van der Waals surface area contributed by atoms with Crippen LogP contribution in [0.1, 0.15) is 32.4 Å². The van der Waals surface area contributed by atoms with Crippen LogP contribution in [0.2, 0.25) is 0 Å². The molecule has 1 saturated heterocycles. The van der Waals surface area contributed by atoms with Gasteiger partial charge in [0.1, 0.15) is 11.6 Å². The van der Waals surface area contributed by atoms with Crippen LogP contribution >= 0.6 is 0 Å². The van der Waals surface area contributed by atoms with Crippen molar-refractivity contribution in [1.29, 1.82) is 0 Å². The number of likely N-dealkylation sites (tertiary alicyclic amines) is 1. The lowest BCUT2D eigenvalue weighted by Crippen LogP contribution is -2.58. The molecule has 0 unspecified atom stereocenters. The van der Waals surface area contributed by atoms with Crippen LogP contribution in [0.3, 0.4) is 0 Å². The maximum Gasteiger partial charge on any atom is 0.410 e. The summed E-state index contributed by atoms with van der Waals surface area (Å²) < 4.78 is 59.1. The van der Waals surface area contributed by atoms with E-state index >= 15 is 0 Å². The molecule has 7 nitrogen and oxygen atoms in total. The van der Waals surface area contributed by atoms with E-state index in [-0.39, 0.29) is 18.1 Å². The summed E-state index contributed by atoms with van der Waals surface area (Å²) in [6, 6.07) is 7.19. The first-order valence-electron chi connectivity index (χ1n) is 10.4. The predicted molar refractivity (Wildman–Crippen MR) is 116 cm³/mol. The van der Waals surface area contributed by atoms with Gasteiger partial charge in [-0.3, -0.25) is 4.98 Å². The molecule has 1 aromatic heterocycles. The number of pyridine rings is 1. The lowest BCUT2D eigenvalue weighted by atomic mass is 9.93. The minimum Gasteiger partial charge on any atom is -0.447 e. The highest BCUT2D eigenvalue weighted by Crippen LogP contribution is 2.25. The monoisotopic (exact) mass is 467 g/mol. The summed E-state index contributed by atoms with van der Waals surface area (Å²) in [7, 11) is -3.51. The van der Waals surface area contributed by atoms with Crippen LogP contribution in [0.4, 0.5) is 13.6 Å². The molecule has 1 N–H and O–H groups in total. The summed E-state index contributed by atoms with van der Waals surface area (Å²) in [6.45, 7) is 3.91. The second kappa shape index (κ2) is 9.91. The topological polar surface area (TPSA) is 88.6 Å². The van der Waals surface area contributed by atoms with E-state index in [1.807, 2.05) is 0 Å². The smallest absolute Gasteiger partial charge is 0.410 e. The van der Waals surface area contributed by atoms with Gasteiger partial charge in [-0.15, -0.1) is 0 Å². The van der Waals surface area contributed by atoms with Crippen molar-refractivity contribution in [3.63, 3.8) is 0 Å². The van der Waals surface area contributed by atoms with Gasteiger partial charge < -0.3 is 9.64 Å². The average Bonchev–Trinajstić information content (AvgIpc) is 2.67. The number of nitrogens with zero attached hydrogens (tertiary/aromatic N) is 2.